The average molecular weight is 349 g/mol. The van der Waals surface area contributed by atoms with Crippen LogP contribution in [0.3, 0.4) is 0 Å². The smallest absolute Gasteiger partial charge is 0.280 e. The highest BCUT2D eigenvalue weighted by molar-refractivity contribution is 6.31. The Kier molecular flexibility index (Phi) is 4.16. The maximum Gasteiger partial charge on any atom is 0.280 e. The lowest BCUT2D eigenvalue weighted by Crippen LogP contribution is -2.38. The van der Waals surface area contributed by atoms with Gasteiger partial charge in [0, 0.05) is 24.2 Å². The van der Waals surface area contributed by atoms with E-state index in [4.69, 9.17) is 25.5 Å². The second-order valence-corrected chi connectivity index (χ2v) is 6.31. The molecule has 0 N–H and O–H groups in total. The number of hydrogen-bond donors (Lipinski definition) is 0. The molecule has 3 heterocycles. The Balaban J connectivity index is 1.59. The summed E-state index contributed by atoms with van der Waals surface area (Å²) in [6, 6.07) is 5.24. The lowest BCUT2D eigenvalue weighted by atomic mass is 10.0. The number of anilines is 1. The first-order valence-corrected chi connectivity index (χ1v) is 8.37. The van der Waals surface area contributed by atoms with Crippen LogP contribution in [0.15, 0.2) is 28.9 Å². The van der Waals surface area contributed by atoms with Gasteiger partial charge in [0.25, 0.3) is 5.91 Å². The number of aromatic nitrogens is 1. The monoisotopic (exact) mass is 348 g/mol. The number of oxazole rings is 1. The maximum atomic E-state index is 12.8. The molecule has 1 aromatic carbocycles. The zero-order valence-corrected chi connectivity index (χ0v) is 13.8. The molecule has 4 rings (SSSR count). The predicted octanol–water partition coefficient (Wildman–Crippen LogP) is 3.26. The molecule has 0 atom stereocenters. The van der Waals surface area contributed by atoms with Gasteiger partial charge in [0.05, 0.1) is 12.2 Å². The summed E-state index contributed by atoms with van der Waals surface area (Å²) in [5, 5.41) is 0.556. The van der Waals surface area contributed by atoms with E-state index >= 15 is 0 Å². The van der Waals surface area contributed by atoms with Crippen LogP contribution in [-0.2, 0) is 4.74 Å². The number of rotatable bonds is 2. The summed E-state index contributed by atoms with van der Waals surface area (Å²) < 4.78 is 16.5. The Bertz CT molecular complexity index is 755. The minimum atomic E-state index is -0.205. The van der Waals surface area contributed by atoms with E-state index in [0.717, 1.165) is 12.8 Å². The molecule has 0 radical (unpaired) electrons. The SMILES string of the molecule is O=C(c1coc(C2CCOCC2)n1)N1CCOc2ccc(Cl)cc21. The van der Waals surface area contributed by atoms with Crippen molar-refractivity contribution in [2.75, 3.05) is 31.3 Å². The van der Waals surface area contributed by atoms with Gasteiger partial charge in [-0.1, -0.05) is 11.6 Å². The Morgan fingerprint density at radius 3 is 2.92 bits per heavy atom. The standard InChI is InChI=1S/C17H17ClN2O4/c18-12-1-2-15-14(9-12)20(5-8-23-15)17(21)13-10-24-16(19-13)11-3-6-22-7-4-11/h1-2,9-11H,3-8H2. The highest BCUT2D eigenvalue weighted by Gasteiger charge is 2.28. The first kappa shape index (κ1) is 15.5. The van der Waals surface area contributed by atoms with Crippen molar-refractivity contribution >= 4 is 23.2 Å². The molecule has 126 valence electrons. The number of hydrogen-bond acceptors (Lipinski definition) is 5. The van der Waals surface area contributed by atoms with Crippen LogP contribution in [0.5, 0.6) is 5.75 Å². The maximum absolute atomic E-state index is 12.8. The summed E-state index contributed by atoms with van der Waals surface area (Å²) in [4.78, 5) is 18.9. The van der Waals surface area contributed by atoms with Crippen LogP contribution in [0.1, 0.15) is 35.1 Å². The average Bonchev–Trinajstić information content (AvgIpc) is 3.11. The predicted molar refractivity (Wildman–Crippen MR) is 87.9 cm³/mol. The second-order valence-electron chi connectivity index (χ2n) is 5.87. The van der Waals surface area contributed by atoms with Crippen LogP contribution in [0.25, 0.3) is 0 Å². The van der Waals surface area contributed by atoms with E-state index in [-0.39, 0.29) is 11.8 Å². The fourth-order valence-corrected chi connectivity index (χ4v) is 3.22. The van der Waals surface area contributed by atoms with E-state index in [2.05, 4.69) is 4.98 Å². The van der Waals surface area contributed by atoms with E-state index in [0.29, 0.717) is 54.4 Å². The van der Waals surface area contributed by atoms with E-state index in [1.165, 1.54) is 6.26 Å². The van der Waals surface area contributed by atoms with Crippen LogP contribution in [-0.4, -0.2) is 37.3 Å². The van der Waals surface area contributed by atoms with Gasteiger partial charge in [0.15, 0.2) is 11.6 Å². The van der Waals surface area contributed by atoms with Crippen molar-refractivity contribution in [3.8, 4) is 5.75 Å². The quantitative estimate of drug-likeness (QED) is 0.833. The fourth-order valence-electron chi connectivity index (χ4n) is 3.06. The van der Waals surface area contributed by atoms with Gasteiger partial charge in [0.2, 0.25) is 0 Å². The van der Waals surface area contributed by atoms with Gasteiger partial charge in [-0.05, 0) is 31.0 Å². The Morgan fingerprint density at radius 1 is 1.25 bits per heavy atom. The van der Waals surface area contributed by atoms with Crippen molar-refractivity contribution in [1.82, 2.24) is 4.98 Å². The second kappa shape index (κ2) is 6.45. The largest absolute Gasteiger partial charge is 0.490 e. The Labute approximate surface area is 144 Å². The van der Waals surface area contributed by atoms with E-state index in [1.807, 2.05) is 0 Å². The molecule has 0 aliphatic carbocycles. The van der Waals surface area contributed by atoms with Crippen molar-refractivity contribution in [3.05, 3.63) is 41.1 Å². The molecule has 6 nitrogen and oxygen atoms in total. The lowest BCUT2D eigenvalue weighted by molar-refractivity contribution is 0.0794. The van der Waals surface area contributed by atoms with Crippen LogP contribution < -0.4 is 9.64 Å². The summed E-state index contributed by atoms with van der Waals surface area (Å²) in [5.41, 5.74) is 0.971. The molecule has 7 heteroatoms. The van der Waals surface area contributed by atoms with E-state index in [9.17, 15) is 4.79 Å². The summed E-state index contributed by atoms with van der Waals surface area (Å²) >= 11 is 6.06. The summed E-state index contributed by atoms with van der Waals surface area (Å²) in [6.45, 7) is 2.29. The first-order valence-electron chi connectivity index (χ1n) is 8.00. The lowest BCUT2D eigenvalue weighted by Gasteiger charge is -2.29. The van der Waals surface area contributed by atoms with Crippen molar-refractivity contribution in [2.24, 2.45) is 0 Å². The van der Waals surface area contributed by atoms with Crippen molar-refractivity contribution in [3.63, 3.8) is 0 Å². The van der Waals surface area contributed by atoms with Crippen molar-refractivity contribution in [2.45, 2.75) is 18.8 Å². The van der Waals surface area contributed by atoms with Gasteiger partial charge < -0.3 is 13.9 Å². The summed E-state index contributed by atoms with van der Waals surface area (Å²) in [7, 11) is 0. The third kappa shape index (κ3) is 2.87. The molecular formula is C17H17ClN2O4. The highest BCUT2D eigenvalue weighted by Crippen LogP contribution is 2.35. The van der Waals surface area contributed by atoms with Crippen LogP contribution in [0.4, 0.5) is 5.69 Å². The van der Waals surface area contributed by atoms with Gasteiger partial charge in [-0.2, -0.15) is 0 Å². The topological polar surface area (TPSA) is 64.8 Å². The molecule has 0 bridgehead atoms. The normalized spacial score (nSPS) is 18.1. The number of benzene rings is 1. The molecular weight excluding hydrogens is 332 g/mol. The third-order valence-electron chi connectivity index (χ3n) is 4.34. The molecule has 2 aliphatic rings. The van der Waals surface area contributed by atoms with Crippen LogP contribution in [0.2, 0.25) is 5.02 Å². The minimum Gasteiger partial charge on any atom is -0.490 e. The van der Waals surface area contributed by atoms with Crippen LogP contribution >= 0.6 is 11.6 Å². The Hall–Kier alpha value is -2.05. The molecule has 2 aromatic rings. The summed E-state index contributed by atoms with van der Waals surface area (Å²) in [6.07, 6.45) is 3.17. The molecule has 0 spiro atoms. The number of halogens is 1. The summed E-state index contributed by atoms with van der Waals surface area (Å²) in [5.74, 6) is 1.27. The van der Waals surface area contributed by atoms with Crippen LogP contribution in [0, 0.1) is 0 Å². The van der Waals surface area contributed by atoms with Crippen molar-refractivity contribution < 1.29 is 18.7 Å². The molecule has 24 heavy (non-hydrogen) atoms. The number of fused-ring (bicyclic) bond motifs is 1. The van der Waals surface area contributed by atoms with Gasteiger partial charge >= 0.3 is 0 Å². The molecule has 2 aliphatic heterocycles. The van der Waals surface area contributed by atoms with Gasteiger partial charge in [-0.15, -0.1) is 0 Å². The van der Waals surface area contributed by atoms with Crippen molar-refractivity contribution in [1.29, 1.82) is 0 Å². The Morgan fingerprint density at radius 2 is 2.08 bits per heavy atom. The van der Waals surface area contributed by atoms with E-state index < -0.39 is 0 Å². The molecule has 1 saturated heterocycles. The zero-order chi connectivity index (χ0) is 16.5. The minimum absolute atomic E-state index is 0.205. The van der Waals surface area contributed by atoms with E-state index in [1.54, 1.807) is 23.1 Å². The van der Waals surface area contributed by atoms with Gasteiger partial charge in [-0.3, -0.25) is 9.69 Å². The molecule has 0 saturated carbocycles. The molecule has 0 unspecified atom stereocenters. The highest BCUT2D eigenvalue weighted by atomic mass is 35.5. The number of amides is 1. The molecule has 1 fully saturated rings. The van der Waals surface area contributed by atoms with Gasteiger partial charge in [0.1, 0.15) is 18.6 Å². The zero-order valence-electron chi connectivity index (χ0n) is 13.0. The third-order valence-corrected chi connectivity index (χ3v) is 4.58. The first-order chi connectivity index (χ1) is 11.7. The number of carbonyl (C=O) groups is 1. The fraction of sp³-hybridized carbons (Fsp3) is 0.412. The number of carbonyl (C=O) groups excluding carboxylic acids is 1. The number of nitrogens with zero attached hydrogens (tertiary/aromatic N) is 2. The molecule has 1 amide bonds. The number of ether oxygens (including phenoxy) is 2. The van der Waals surface area contributed by atoms with Gasteiger partial charge in [-0.25, -0.2) is 4.98 Å². The molecule has 1 aromatic heterocycles.